The zero-order valence-corrected chi connectivity index (χ0v) is 13.9. The quantitative estimate of drug-likeness (QED) is 0.865. The first kappa shape index (κ1) is 16.4. The van der Waals surface area contributed by atoms with E-state index in [0.717, 1.165) is 18.8 Å². The highest BCUT2D eigenvalue weighted by Crippen LogP contribution is 2.20. The van der Waals surface area contributed by atoms with Gasteiger partial charge in [0.05, 0.1) is 5.69 Å². The molecule has 1 aromatic carbocycles. The number of benzene rings is 1. The maximum atomic E-state index is 13.3. The molecule has 7 heteroatoms. The summed E-state index contributed by atoms with van der Waals surface area (Å²) in [5, 5.41) is 0. The van der Waals surface area contributed by atoms with Gasteiger partial charge in [-0.2, -0.15) is 0 Å². The number of amides is 2. The van der Waals surface area contributed by atoms with Crippen molar-refractivity contribution in [3.05, 3.63) is 42.0 Å². The van der Waals surface area contributed by atoms with Gasteiger partial charge in [0.25, 0.3) is 0 Å². The third-order valence-electron chi connectivity index (χ3n) is 4.03. The van der Waals surface area contributed by atoms with Gasteiger partial charge in [-0.05, 0) is 18.2 Å². The van der Waals surface area contributed by atoms with Gasteiger partial charge in [-0.25, -0.2) is 14.2 Å². The van der Waals surface area contributed by atoms with E-state index in [-0.39, 0.29) is 11.8 Å². The van der Waals surface area contributed by atoms with Crippen LogP contribution in [0.2, 0.25) is 0 Å². The van der Waals surface area contributed by atoms with Gasteiger partial charge in [0.2, 0.25) is 5.89 Å². The van der Waals surface area contributed by atoms with E-state index in [1.54, 1.807) is 37.4 Å². The minimum Gasteiger partial charge on any atom is -0.444 e. The second-order valence-corrected chi connectivity index (χ2v) is 6.09. The molecule has 3 rings (SSSR count). The second kappa shape index (κ2) is 7.00. The minimum absolute atomic E-state index is 0.0458. The molecule has 24 heavy (non-hydrogen) atoms. The third-order valence-corrected chi connectivity index (χ3v) is 4.03. The molecule has 0 saturated carbocycles. The van der Waals surface area contributed by atoms with E-state index in [1.165, 1.54) is 12.1 Å². The molecule has 1 saturated heterocycles. The van der Waals surface area contributed by atoms with Gasteiger partial charge >= 0.3 is 6.03 Å². The molecule has 2 heterocycles. The maximum absolute atomic E-state index is 13.3. The molecule has 0 aliphatic carbocycles. The number of aromatic nitrogens is 1. The maximum Gasteiger partial charge on any atom is 0.319 e. The fourth-order valence-electron chi connectivity index (χ4n) is 2.74. The number of urea groups is 1. The van der Waals surface area contributed by atoms with Gasteiger partial charge in [-0.1, -0.05) is 6.07 Å². The molecular formula is C17H21FN4O2. The lowest BCUT2D eigenvalue weighted by molar-refractivity contribution is 0.119. The largest absolute Gasteiger partial charge is 0.444 e. The predicted molar refractivity (Wildman–Crippen MR) is 87.8 cm³/mol. The van der Waals surface area contributed by atoms with Crippen molar-refractivity contribution < 1.29 is 13.6 Å². The Bertz CT molecular complexity index is 708. The summed E-state index contributed by atoms with van der Waals surface area (Å²) in [5.74, 6) is 0.111. The Morgan fingerprint density at radius 1 is 1.29 bits per heavy atom. The lowest BCUT2D eigenvalue weighted by Gasteiger charge is -2.35. The van der Waals surface area contributed by atoms with E-state index in [2.05, 4.69) is 9.88 Å². The lowest BCUT2D eigenvalue weighted by Crippen LogP contribution is -2.51. The summed E-state index contributed by atoms with van der Waals surface area (Å²) in [6, 6.07) is 6.24. The van der Waals surface area contributed by atoms with E-state index in [0.29, 0.717) is 31.1 Å². The first-order chi connectivity index (χ1) is 11.5. The molecule has 0 unspecified atom stereocenters. The van der Waals surface area contributed by atoms with Crippen LogP contribution < -0.4 is 0 Å². The summed E-state index contributed by atoms with van der Waals surface area (Å²) in [5.41, 5.74) is 1.43. The Kier molecular flexibility index (Phi) is 4.80. The number of hydrogen-bond donors (Lipinski definition) is 0. The van der Waals surface area contributed by atoms with Crippen molar-refractivity contribution in [3.8, 4) is 11.5 Å². The van der Waals surface area contributed by atoms with Crippen LogP contribution in [0.15, 0.2) is 34.9 Å². The molecule has 0 spiro atoms. The van der Waals surface area contributed by atoms with Crippen LogP contribution in [0.5, 0.6) is 0 Å². The molecule has 2 aromatic rings. The molecule has 0 radical (unpaired) electrons. The molecule has 6 nitrogen and oxygen atoms in total. The zero-order chi connectivity index (χ0) is 17.1. The van der Waals surface area contributed by atoms with Crippen LogP contribution in [0.3, 0.4) is 0 Å². The summed E-state index contributed by atoms with van der Waals surface area (Å²) in [6.45, 7) is 3.64. The smallest absolute Gasteiger partial charge is 0.319 e. The van der Waals surface area contributed by atoms with E-state index in [4.69, 9.17) is 4.42 Å². The summed E-state index contributed by atoms with van der Waals surface area (Å²) in [4.78, 5) is 22.0. The van der Waals surface area contributed by atoms with Crippen molar-refractivity contribution in [1.82, 2.24) is 19.7 Å². The average Bonchev–Trinajstić information content (AvgIpc) is 3.03. The molecule has 0 N–H and O–H groups in total. The molecule has 0 atom stereocenters. The third kappa shape index (κ3) is 3.73. The van der Waals surface area contributed by atoms with Crippen molar-refractivity contribution in [1.29, 1.82) is 0 Å². The summed E-state index contributed by atoms with van der Waals surface area (Å²) >= 11 is 0. The van der Waals surface area contributed by atoms with E-state index >= 15 is 0 Å². The molecule has 128 valence electrons. The number of oxazole rings is 1. The van der Waals surface area contributed by atoms with Gasteiger partial charge < -0.3 is 14.2 Å². The summed E-state index contributed by atoms with van der Waals surface area (Å²) < 4.78 is 18.7. The molecule has 0 bridgehead atoms. The van der Waals surface area contributed by atoms with Gasteiger partial charge in [-0.3, -0.25) is 4.90 Å². The Morgan fingerprint density at radius 3 is 2.71 bits per heavy atom. The van der Waals surface area contributed by atoms with Gasteiger partial charge in [0, 0.05) is 52.4 Å². The van der Waals surface area contributed by atoms with Gasteiger partial charge in [0.1, 0.15) is 12.1 Å². The monoisotopic (exact) mass is 332 g/mol. The van der Waals surface area contributed by atoms with Crippen LogP contribution in [0, 0.1) is 5.82 Å². The first-order valence-corrected chi connectivity index (χ1v) is 7.92. The molecular weight excluding hydrogens is 311 g/mol. The van der Waals surface area contributed by atoms with Crippen molar-refractivity contribution in [2.45, 2.75) is 6.54 Å². The van der Waals surface area contributed by atoms with Crippen LogP contribution in [-0.4, -0.2) is 66.0 Å². The second-order valence-electron chi connectivity index (χ2n) is 6.09. The number of nitrogens with zero attached hydrogens (tertiary/aromatic N) is 4. The fraction of sp³-hybridized carbons (Fsp3) is 0.412. The number of piperazine rings is 1. The Balaban J connectivity index is 1.57. The Labute approximate surface area is 140 Å². The highest BCUT2D eigenvalue weighted by Gasteiger charge is 2.22. The summed E-state index contributed by atoms with van der Waals surface area (Å²) in [6.07, 6.45) is 1.61. The molecule has 1 aromatic heterocycles. The number of carbonyl (C=O) groups excluding carboxylic acids is 1. The number of hydrogen-bond acceptors (Lipinski definition) is 4. The SMILES string of the molecule is CN(C)C(=O)N1CCN(Cc2coc(-c3cccc(F)c3)n2)CC1. The first-order valence-electron chi connectivity index (χ1n) is 7.92. The van der Waals surface area contributed by atoms with Crippen LogP contribution in [0.25, 0.3) is 11.5 Å². The van der Waals surface area contributed by atoms with E-state index in [1.807, 2.05) is 4.90 Å². The minimum atomic E-state index is -0.311. The Morgan fingerprint density at radius 2 is 2.04 bits per heavy atom. The van der Waals surface area contributed by atoms with Crippen LogP contribution in [0.1, 0.15) is 5.69 Å². The highest BCUT2D eigenvalue weighted by atomic mass is 19.1. The van der Waals surface area contributed by atoms with Crippen molar-refractivity contribution in [2.24, 2.45) is 0 Å². The van der Waals surface area contributed by atoms with Crippen LogP contribution in [-0.2, 0) is 6.54 Å². The zero-order valence-electron chi connectivity index (χ0n) is 13.9. The van der Waals surface area contributed by atoms with E-state index < -0.39 is 0 Å². The van der Waals surface area contributed by atoms with Crippen LogP contribution in [0.4, 0.5) is 9.18 Å². The molecule has 1 fully saturated rings. The topological polar surface area (TPSA) is 52.8 Å². The molecule has 1 aliphatic heterocycles. The van der Waals surface area contributed by atoms with Crippen molar-refractivity contribution in [3.63, 3.8) is 0 Å². The fourth-order valence-corrected chi connectivity index (χ4v) is 2.74. The van der Waals surface area contributed by atoms with Gasteiger partial charge in [0.15, 0.2) is 0 Å². The highest BCUT2D eigenvalue weighted by molar-refractivity contribution is 5.73. The number of carbonyl (C=O) groups is 1. The van der Waals surface area contributed by atoms with Gasteiger partial charge in [-0.15, -0.1) is 0 Å². The standard InChI is InChI=1S/C17H21FN4O2/c1-20(2)17(23)22-8-6-21(7-9-22)11-15-12-24-16(19-15)13-4-3-5-14(18)10-13/h3-5,10,12H,6-9,11H2,1-2H3. The normalized spacial score (nSPS) is 15.5. The lowest BCUT2D eigenvalue weighted by atomic mass is 10.2. The van der Waals surface area contributed by atoms with Crippen molar-refractivity contribution in [2.75, 3.05) is 40.3 Å². The number of halogens is 1. The van der Waals surface area contributed by atoms with Crippen LogP contribution >= 0.6 is 0 Å². The Hall–Kier alpha value is -2.41. The average molecular weight is 332 g/mol. The van der Waals surface area contributed by atoms with Crippen molar-refractivity contribution >= 4 is 6.03 Å². The summed E-state index contributed by atoms with van der Waals surface area (Å²) in [7, 11) is 3.52. The number of rotatable bonds is 3. The molecule has 2 amide bonds. The predicted octanol–water partition coefficient (Wildman–Crippen LogP) is 2.28. The molecule has 1 aliphatic rings. The van der Waals surface area contributed by atoms with E-state index in [9.17, 15) is 9.18 Å².